The van der Waals surface area contributed by atoms with Gasteiger partial charge in [0.1, 0.15) is 5.01 Å². The first-order valence-corrected chi connectivity index (χ1v) is 7.11. The fourth-order valence-electron chi connectivity index (χ4n) is 1.67. The van der Waals surface area contributed by atoms with Crippen LogP contribution in [-0.4, -0.2) is 16.5 Å². The van der Waals surface area contributed by atoms with E-state index >= 15 is 0 Å². The second kappa shape index (κ2) is 4.52. The highest BCUT2D eigenvalue weighted by molar-refractivity contribution is 7.17. The molecule has 0 aromatic carbocycles. The molecule has 0 saturated carbocycles. The van der Waals surface area contributed by atoms with Crippen molar-refractivity contribution in [3.63, 3.8) is 0 Å². The van der Waals surface area contributed by atoms with Gasteiger partial charge in [-0.2, -0.15) is 0 Å². The second-order valence-corrected chi connectivity index (χ2v) is 5.52. The summed E-state index contributed by atoms with van der Waals surface area (Å²) >= 11 is 3.36. The monoisotopic (exact) mass is 261 g/mol. The summed E-state index contributed by atoms with van der Waals surface area (Å²) in [5.74, 6) is 0. The topological polar surface area (TPSA) is 51.8 Å². The van der Waals surface area contributed by atoms with Crippen molar-refractivity contribution in [2.24, 2.45) is 5.73 Å². The Bertz CT molecular complexity index is 642. The summed E-state index contributed by atoms with van der Waals surface area (Å²) in [6.07, 6.45) is 2.73. The van der Waals surface area contributed by atoms with Gasteiger partial charge in [-0.25, -0.2) is 4.98 Å². The van der Waals surface area contributed by atoms with E-state index < -0.39 is 0 Å². The van der Waals surface area contributed by atoms with Crippen LogP contribution in [0.25, 0.3) is 20.8 Å². The molecule has 17 heavy (non-hydrogen) atoms. The molecule has 0 bridgehead atoms. The lowest BCUT2D eigenvalue weighted by molar-refractivity contribution is 0.936. The lowest BCUT2D eigenvalue weighted by Gasteiger charge is -1.96. The van der Waals surface area contributed by atoms with Crippen molar-refractivity contribution < 1.29 is 0 Å². The second-order valence-electron chi connectivity index (χ2n) is 3.71. The normalized spacial score (nSPS) is 11.1. The molecule has 3 aromatic rings. The van der Waals surface area contributed by atoms with E-state index in [2.05, 4.69) is 26.8 Å². The Kier molecular flexibility index (Phi) is 2.88. The van der Waals surface area contributed by atoms with Gasteiger partial charge in [0, 0.05) is 23.6 Å². The van der Waals surface area contributed by atoms with Crippen molar-refractivity contribution in [1.82, 2.24) is 9.97 Å². The largest absolute Gasteiger partial charge is 0.330 e. The molecule has 0 spiro atoms. The summed E-state index contributed by atoms with van der Waals surface area (Å²) in [7, 11) is 0. The van der Waals surface area contributed by atoms with Crippen molar-refractivity contribution in [2.75, 3.05) is 6.54 Å². The molecule has 0 radical (unpaired) electrons. The molecule has 3 aromatic heterocycles. The molecule has 5 heteroatoms. The summed E-state index contributed by atoms with van der Waals surface area (Å²) in [4.78, 5) is 8.99. The first-order valence-electron chi connectivity index (χ1n) is 5.35. The van der Waals surface area contributed by atoms with E-state index in [4.69, 9.17) is 5.73 Å². The minimum atomic E-state index is 0.644. The van der Waals surface area contributed by atoms with Crippen LogP contribution in [0, 0.1) is 0 Å². The average molecular weight is 261 g/mol. The zero-order chi connectivity index (χ0) is 11.7. The van der Waals surface area contributed by atoms with Crippen molar-refractivity contribution in [1.29, 1.82) is 0 Å². The van der Waals surface area contributed by atoms with Gasteiger partial charge in [-0.1, -0.05) is 0 Å². The first kappa shape index (κ1) is 10.8. The number of hydrogen-bond donors (Lipinski definition) is 1. The molecular weight excluding hydrogens is 250 g/mol. The maximum Gasteiger partial charge on any atom is 0.125 e. The maximum atomic E-state index is 5.52. The third kappa shape index (κ3) is 2.09. The SMILES string of the molecule is NCCc1csc(-c2cnc3ccsc3c2)n1. The predicted octanol–water partition coefficient (Wildman–Crippen LogP) is 2.92. The van der Waals surface area contributed by atoms with E-state index in [9.17, 15) is 0 Å². The fourth-order valence-corrected chi connectivity index (χ4v) is 3.28. The van der Waals surface area contributed by atoms with Crippen molar-refractivity contribution in [2.45, 2.75) is 6.42 Å². The Morgan fingerprint density at radius 1 is 1.29 bits per heavy atom. The molecule has 3 nitrogen and oxygen atoms in total. The number of rotatable bonds is 3. The van der Waals surface area contributed by atoms with Crippen LogP contribution in [0.5, 0.6) is 0 Å². The Morgan fingerprint density at radius 3 is 3.12 bits per heavy atom. The van der Waals surface area contributed by atoms with Gasteiger partial charge < -0.3 is 5.73 Å². The summed E-state index contributed by atoms with van der Waals surface area (Å²) in [5.41, 5.74) is 8.74. The van der Waals surface area contributed by atoms with Crippen molar-refractivity contribution in [3.05, 3.63) is 34.8 Å². The van der Waals surface area contributed by atoms with Gasteiger partial charge in [0.2, 0.25) is 0 Å². The summed E-state index contributed by atoms with van der Waals surface area (Å²) in [6.45, 7) is 0.644. The Balaban J connectivity index is 2.00. The zero-order valence-corrected chi connectivity index (χ0v) is 10.7. The molecular formula is C12H11N3S2. The van der Waals surface area contributed by atoms with Gasteiger partial charge in [0.05, 0.1) is 15.9 Å². The minimum Gasteiger partial charge on any atom is -0.330 e. The fraction of sp³-hybridized carbons (Fsp3) is 0.167. The van der Waals surface area contributed by atoms with Gasteiger partial charge in [0.25, 0.3) is 0 Å². The third-order valence-corrected chi connectivity index (χ3v) is 4.30. The van der Waals surface area contributed by atoms with E-state index in [1.54, 1.807) is 22.7 Å². The molecule has 0 atom stereocenters. The molecule has 3 rings (SSSR count). The first-order chi connectivity index (χ1) is 8.36. The summed E-state index contributed by atoms with van der Waals surface area (Å²) in [6, 6.07) is 4.18. The lowest BCUT2D eigenvalue weighted by atomic mass is 10.3. The molecule has 0 aliphatic heterocycles. The van der Waals surface area contributed by atoms with Gasteiger partial charge in [-0.05, 0) is 24.1 Å². The van der Waals surface area contributed by atoms with E-state index in [-0.39, 0.29) is 0 Å². The number of hydrogen-bond acceptors (Lipinski definition) is 5. The molecule has 2 N–H and O–H groups in total. The Morgan fingerprint density at radius 2 is 2.24 bits per heavy atom. The molecule has 3 heterocycles. The minimum absolute atomic E-state index is 0.644. The molecule has 0 amide bonds. The molecule has 0 fully saturated rings. The van der Waals surface area contributed by atoms with Crippen LogP contribution in [0.4, 0.5) is 0 Å². The molecule has 86 valence electrons. The zero-order valence-electron chi connectivity index (χ0n) is 9.09. The van der Waals surface area contributed by atoms with Gasteiger partial charge >= 0.3 is 0 Å². The standard InChI is InChI=1S/C12H11N3S2/c13-3-1-9-7-17-12(15-9)8-5-11-10(14-6-8)2-4-16-11/h2,4-7H,1,3,13H2. The number of thiazole rings is 1. The maximum absolute atomic E-state index is 5.52. The van der Waals surface area contributed by atoms with Gasteiger partial charge in [0.15, 0.2) is 0 Å². The smallest absolute Gasteiger partial charge is 0.125 e. The van der Waals surface area contributed by atoms with Gasteiger partial charge in [-0.15, -0.1) is 22.7 Å². The third-order valence-electron chi connectivity index (χ3n) is 2.50. The quantitative estimate of drug-likeness (QED) is 0.788. The van der Waals surface area contributed by atoms with Crippen LogP contribution >= 0.6 is 22.7 Å². The summed E-state index contributed by atoms with van der Waals surface area (Å²) in [5, 5.41) is 5.15. The van der Waals surface area contributed by atoms with E-state index in [1.165, 1.54) is 4.70 Å². The number of nitrogens with two attached hydrogens (primary N) is 1. The Hall–Kier alpha value is -1.30. The van der Waals surface area contributed by atoms with Crippen LogP contribution in [0.15, 0.2) is 29.1 Å². The van der Waals surface area contributed by atoms with Crippen LogP contribution in [-0.2, 0) is 6.42 Å². The van der Waals surface area contributed by atoms with Crippen LogP contribution in [0.1, 0.15) is 5.69 Å². The average Bonchev–Trinajstić information content (AvgIpc) is 2.96. The van der Waals surface area contributed by atoms with E-state index in [0.717, 1.165) is 28.2 Å². The predicted molar refractivity (Wildman–Crippen MR) is 73.5 cm³/mol. The highest BCUT2D eigenvalue weighted by Gasteiger charge is 2.06. The number of thiophene rings is 1. The highest BCUT2D eigenvalue weighted by Crippen LogP contribution is 2.28. The highest BCUT2D eigenvalue weighted by atomic mass is 32.1. The number of nitrogens with zero attached hydrogens (tertiary/aromatic N) is 2. The number of fused-ring (bicyclic) bond motifs is 1. The van der Waals surface area contributed by atoms with Crippen molar-refractivity contribution in [3.8, 4) is 10.6 Å². The molecule has 0 saturated heterocycles. The van der Waals surface area contributed by atoms with Crippen LogP contribution in [0.2, 0.25) is 0 Å². The molecule has 0 aliphatic carbocycles. The molecule has 0 unspecified atom stereocenters. The Labute approximate surface area is 107 Å². The number of pyridine rings is 1. The van der Waals surface area contributed by atoms with E-state index in [0.29, 0.717) is 6.54 Å². The number of aromatic nitrogens is 2. The molecule has 0 aliphatic rings. The van der Waals surface area contributed by atoms with Crippen LogP contribution < -0.4 is 5.73 Å². The summed E-state index contributed by atoms with van der Waals surface area (Å²) < 4.78 is 1.21. The lowest BCUT2D eigenvalue weighted by Crippen LogP contribution is -2.02. The van der Waals surface area contributed by atoms with Crippen molar-refractivity contribution >= 4 is 32.9 Å². The van der Waals surface area contributed by atoms with Gasteiger partial charge in [-0.3, -0.25) is 4.98 Å². The van der Waals surface area contributed by atoms with E-state index in [1.807, 2.05) is 12.3 Å². The van der Waals surface area contributed by atoms with Crippen LogP contribution in [0.3, 0.4) is 0 Å².